The smallest absolute Gasteiger partial charge is 0.0991 e. The third-order valence-corrected chi connectivity index (χ3v) is 8.30. The Morgan fingerprint density at radius 2 is 0.955 bits per heavy atom. The molecule has 0 saturated carbocycles. The molecule has 0 aliphatic carbocycles. The van der Waals surface area contributed by atoms with Crippen LogP contribution in [-0.4, -0.2) is 14.1 Å². The highest BCUT2D eigenvalue weighted by atomic mass is 15.0. The quantitative estimate of drug-likeness (QED) is 0.216. The summed E-state index contributed by atoms with van der Waals surface area (Å²) in [6, 6.07) is 42.5. The van der Waals surface area contributed by atoms with E-state index in [1.54, 1.807) is 6.20 Å². The molecule has 0 unspecified atom stereocenters. The van der Waals surface area contributed by atoms with Crippen molar-refractivity contribution in [1.82, 2.24) is 14.1 Å². The number of benzene rings is 5. The number of hydrogen-bond donors (Lipinski definition) is 0. The summed E-state index contributed by atoms with van der Waals surface area (Å²) in [5.74, 6) is 0. The number of rotatable bonds is 3. The van der Waals surface area contributed by atoms with Gasteiger partial charge in [-0.1, -0.05) is 36.4 Å². The molecule has 0 N–H and O–H groups in total. The molecular formula is C38H20N6. The van der Waals surface area contributed by atoms with Gasteiger partial charge in [-0.3, -0.25) is 4.98 Å². The van der Waals surface area contributed by atoms with E-state index in [1.807, 2.05) is 91.1 Å². The molecule has 0 aliphatic heterocycles. The highest BCUT2D eigenvalue weighted by molar-refractivity contribution is 6.11. The number of pyridine rings is 1. The van der Waals surface area contributed by atoms with Crippen molar-refractivity contribution < 1.29 is 0 Å². The lowest BCUT2D eigenvalue weighted by molar-refractivity contribution is 1.13. The fourth-order valence-corrected chi connectivity index (χ4v) is 6.41. The van der Waals surface area contributed by atoms with Crippen LogP contribution >= 0.6 is 0 Å². The molecule has 3 heterocycles. The van der Waals surface area contributed by atoms with Gasteiger partial charge in [-0.15, -0.1) is 0 Å². The minimum Gasteiger partial charge on any atom is -0.309 e. The molecule has 0 aliphatic rings. The predicted octanol–water partition coefficient (Wildman–Crippen LogP) is 8.56. The maximum Gasteiger partial charge on any atom is 0.0991 e. The second-order valence-electron chi connectivity index (χ2n) is 10.6. The van der Waals surface area contributed by atoms with E-state index in [4.69, 9.17) is 0 Å². The van der Waals surface area contributed by atoms with E-state index in [0.717, 1.165) is 66.1 Å². The topological polar surface area (TPSA) is 94.1 Å². The van der Waals surface area contributed by atoms with Gasteiger partial charge < -0.3 is 9.13 Å². The fourth-order valence-electron chi connectivity index (χ4n) is 6.41. The van der Waals surface area contributed by atoms with Crippen molar-refractivity contribution in [3.8, 4) is 40.7 Å². The van der Waals surface area contributed by atoms with Gasteiger partial charge in [0.2, 0.25) is 0 Å². The van der Waals surface area contributed by atoms with Crippen LogP contribution < -0.4 is 0 Å². The molecule has 0 radical (unpaired) electrons. The number of fused-ring (bicyclic) bond motifs is 6. The Labute approximate surface area is 252 Å². The van der Waals surface area contributed by atoms with Gasteiger partial charge in [0.1, 0.15) is 0 Å². The Bertz CT molecular complexity index is 2600. The second-order valence-corrected chi connectivity index (χ2v) is 10.6. The summed E-state index contributed by atoms with van der Waals surface area (Å²) in [6.45, 7) is 0. The van der Waals surface area contributed by atoms with Gasteiger partial charge in [-0.2, -0.15) is 15.8 Å². The van der Waals surface area contributed by atoms with E-state index in [-0.39, 0.29) is 0 Å². The van der Waals surface area contributed by atoms with Crippen LogP contribution in [0.5, 0.6) is 0 Å². The maximum atomic E-state index is 9.99. The van der Waals surface area contributed by atoms with Crippen LogP contribution in [0.15, 0.2) is 122 Å². The summed E-state index contributed by atoms with van der Waals surface area (Å²) in [5.41, 5.74) is 9.18. The standard InChI is InChI=1S/C38H20N6/c39-20-24-9-12-35-30(17-24)27-5-1-3-7-33(27)43(35)36-13-10-26(22-41)19-32(36)29-15-16-42-23-38(29)44-34-8-4-2-6-28(34)31-18-25(21-40)11-14-37(31)44/h1-19,23H. The van der Waals surface area contributed by atoms with Gasteiger partial charge in [0.05, 0.1) is 74.5 Å². The Morgan fingerprint density at radius 1 is 0.455 bits per heavy atom. The number of nitrogens with zero attached hydrogens (tertiary/aromatic N) is 6. The zero-order valence-corrected chi connectivity index (χ0v) is 23.2. The SMILES string of the molecule is N#Cc1ccc(-n2c3ccccc3c3cc(C#N)ccc32)c(-c2ccncc2-n2c3ccccc3c3cc(C#N)ccc32)c1. The molecule has 0 spiro atoms. The average molecular weight is 561 g/mol. The summed E-state index contributed by atoms with van der Waals surface area (Å²) in [6.07, 6.45) is 3.63. The van der Waals surface area contributed by atoms with Crippen molar-refractivity contribution in [2.24, 2.45) is 0 Å². The van der Waals surface area contributed by atoms with E-state index < -0.39 is 0 Å². The highest BCUT2D eigenvalue weighted by Gasteiger charge is 2.21. The van der Waals surface area contributed by atoms with Gasteiger partial charge in [0.25, 0.3) is 0 Å². The molecule has 6 heteroatoms. The van der Waals surface area contributed by atoms with Gasteiger partial charge in [0, 0.05) is 38.9 Å². The number of nitriles is 3. The van der Waals surface area contributed by atoms with Crippen LogP contribution in [-0.2, 0) is 0 Å². The summed E-state index contributed by atoms with van der Waals surface area (Å²) < 4.78 is 4.39. The Morgan fingerprint density at radius 3 is 1.55 bits per heavy atom. The molecule has 0 fully saturated rings. The highest BCUT2D eigenvalue weighted by Crippen LogP contribution is 2.41. The lowest BCUT2D eigenvalue weighted by Crippen LogP contribution is -2.02. The number of aromatic nitrogens is 3. The summed E-state index contributed by atoms with van der Waals surface area (Å²) >= 11 is 0. The summed E-state index contributed by atoms with van der Waals surface area (Å²) in [7, 11) is 0. The first-order valence-electron chi connectivity index (χ1n) is 14.1. The third kappa shape index (κ3) is 3.61. The van der Waals surface area contributed by atoms with E-state index in [9.17, 15) is 15.8 Å². The molecule has 0 bridgehead atoms. The minimum atomic E-state index is 0.542. The predicted molar refractivity (Wildman–Crippen MR) is 172 cm³/mol. The van der Waals surface area contributed by atoms with Crippen molar-refractivity contribution in [3.63, 3.8) is 0 Å². The Balaban J connectivity index is 1.48. The first kappa shape index (κ1) is 25.1. The minimum absolute atomic E-state index is 0.542. The fraction of sp³-hybridized carbons (Fsp3) is 0. The molecule has 5 aromatic carbocycles. The van der Waals surface area contributed by atoms with Gasteiger partial charge in [-0.05, 0) is 72.8 Å². The summed E-state index contributed by atoms with van der Waals surface area (Å²) in [4.78, 5) is 4.55. The number of hydrogen-bond acceptors (Lipinski definition) is 4. The van der Waals surface area contributed by atoms with Crippen LogP contribution in [0, 0.1) is 34.0 Å². The lowest BCUT2D eigenvalue weighted by Gasteiger charge is -2.18. The monoisotopic (exact) mass is 560 g/mol. The van der Waals surface area contributed by atoms with Crippen LogP contribution in [0.3, 0.4) is 0 Å². The van der Waals surface area contributed by atoms with E-state index in [0.29, 0.717) is 16.7 Å². The normalized spacial score (nSPS) is 11.1. The molecule has 8 rings (SSSR count). The molecule has 8 aromatic rings. The van der Waals surface area contributed by atoms with Crippen LogP contribution in [0.2, 0.25) is 0 Å². The largest absolute Gasteiger partial charge is 0.309 e. The first-order chi connectivity index (χ1) is 21.7. The molecule has 0 amide bonds. The van der Waals surface area contributed by atoms with Crippen molar-refractivity contribution in [1.29, 1.82) is 15.8 Å². The first-order valence-corrected chi connectivity index (χ1v) is 14.1. The van der Waals surface area contributed by atoms with Crippen LogP contribution in [0.4, 0.5) is 0 Å². The molecule has 0 saturated heterocycles. The Hall–Kier alpha value is -6.68. The zero-order chi connectivity index (χ0) is 29.8. The maximum absolute atomic E-state index is 9.99. The van der Waals surface area contributed by atoms with Crippen LogP contribution in [0.25, 0.3) is 66.1 Å². The molecule has 44 heavy (non-hydrogen) atoms. The van der Waals surface area contributed by atoms with Crippen LogP contribution in [0.1, 0.15) is 16.7 Å². The molecule has 0 atom stereocenters. The zero-order valence-electron chi connectivity index (χ0n) is 23.2. The van der Waals surface area contributed by atoms with Gasteiger partial charge >= 0.3 is 0 Å². The van der Waals surface area contributed by atoms with Crippen molar-refractivity contribution >= 4 is 43.6 Å². The number of para-hydroxylation sites is 2. The molecule has 3 aromatic heterocycles. The molecule has 6 nitrogen and oxygen atoms in total. The van der Waals surface area contributed by atoms with E-state index in [1.165, 1.54) is 0 Å². The van der Waals surface area contributed by atoms with Crippen molar-refractivity contribution in [2.45, 2.75) is 0 Å². The average Bonchev–Trinajstić information content (AvgIpc) is 3.60. The van der Waals surface area contributed by atoms with Crippen molar-refractivity contribution in [3.05, 3.63) is 138 Å². The molecular weight excluding hydrogens is 540 g/mol. The van der Waals surface area contributed by atoms with Gasteiger partial charge in [0.15, 0.2) is 0 Å². The third-order valence-electron chi connectivity index (χ3n) is 8.30. The van der Waals surface area contributed by atoms with Gasteiger partial charge in [-0.25, -0.2) is 0 Å². The van der Waals surface area contributed by atoms with E-state index >= 15 is 0 Å². The Kier molecular flexibility index (Phi) is 5.53. The molecule has 202 valence electrons. The summed E-state index contributed by atoms with van der Waals surface area (Å²) in [5, 5.41) is 33.3. The van der Waals surface area contributed by atoms with Crippen molar-refractivity contribution in [2.75, 3.05) is 0 Å². The van der Waals surface area contributed by atoms with E-state index in [2.05, 4.69) is 56.6 Å². The second kappa shape index (κ2) is 9.71. The lowest BCUT2D eigenvalue weighted by atomic mass is 10.00.